The normalized spacial score (nSPS) is 22.8. The topological polar surface area (TPSA) is 122 Å². The summed E-state index contributed by atoms with van der Waals surface area (Å²) in [6, 6.07) is -0.735. The maximum Gasteiger partial charge on any atom is 0.321 e. The number of fused-ring (bicyclic) bond motifs is 1. The van der Waals surface area contributed by atoms with Crippen molar-refractivity contribution >= 4 is 29.7 Å². The second kappa shape index (κ2) is 9.48. The lowest BCUT2D eigenvalue weighted by Gasteiger charge is -2.19. The molecule has 2 aliphatic rings. The number of hydrogen-bond acceptors (Lipinski definition) is 6. The first-order chi connectivity index (χ1) is 12.8. The smallest absolute Gasteiger partial charge is 0.321 e. The minimum atomic E-state index is -0.747. The Morgan fingerprint density at radius 3 is 2.30 bits per heavy atom. The van der Waals surface area contributed by atoms with Crippen LogP contribution in [0, 0.1) is 11.8 Å². The molecule has 0 spiro atoms. The van der Waals surface area contributed by atoms with Gasteiger partial charge in [-0.05, 0) is 26.2 Å². The zero-order valence-electron chi connectivity index (χ0n) is 15.8. The number of urea groups is 1. The number of carbonyl (C=O) groups is 5. The highest BCUT2D eigenvalue weighted by Crippen LogP contribution is 2.37. The first-order valence-electron chi connectivity index (χ1n) is 9.44. The SMILES string of the molecule is CC[C@H](C)NC(=O)NC(=O)COC(=O)CCN1C(=O)[C@H]2CCCC[C@H]2C1=O. The van der Waals surface area contributed by atoms with Crippen molar-refractivity contribution in [1.82, 2.24) is 15.5 Å². The van der Waals surface area contributed by atoms with Gasteiger partial charge < -0.3 is 10.1 Å². The van der Waals surface area contributed by atoms with E-state index in [0.29, 0.717) is 6.42 Å². The van der Waals surface area contributed by atoms with Crippen LogP contribution in [0.1, 0.15) is 52.4 Å². The number of esters is 1. The summed E-state index contributed by atoms with van der Waals surface area (Å²) in [6.45, 7) is 3.04. The van der Waals surface area contributed by atoms with Gasteiger partial charge in [-0.15, -0.1) is 0 Å². The summed E-state index contributed by atoms with van der Waals surface area (Å²) in [5.41, 5.74) is 0. The summed E-state index contributed by atoms with van der Waals surface area (Å²) in [7, 11) is 0. The molecule has 1 heterocycles. The largest absolute Gasteiger partial charge is 0.456 e. The molecule has 2 rings (SSSR count). The highest BCUT2D eigenvalue weighted by molar-refractivity contribution is 6.05. The van der Waals surface area contributed by atoms with E-state index in [0.717, 1.165) is 30.6 Å². The van der Waals surface area contributed by atoms with Crippen molar-refractivity contribution in [3.05, 3.63) is 0 Å². The monoisotopic (exact) mass is 381 g/mol. The number of imide groups is 2. The summed E-state index contributed by atoms with van der Waals surface area (Å²) in [5, 5.41) is 4.61. The van der Waals surface area contributed by atoms with Crippen LogP contribution in [0.2, 0.25) is 0 Å². The van der Waals surface area contributed by atoms with Crippen LogP contribution in [0.15, 0.2) is 0 Å². The lowest BCUT2D eigenvalue weighted by molar-refractivity contribution is -0.149. The molecule has 1 aliphatic heterocycles. The molecule has 0 unspecified atom stereocenters. The molecule has 0 aromatic carbocycles. The van der Waals surface area contributed by atoms with Crippen molar-refractivity contribution in [2.45, 2.75) is 58.4 Å². The molecule has 9 nitrogen and oxygen atoms in total. The summed E-state index contributed by atoms with van der Waals surface area (Å²) >= 11 is 0. The molecule has 2 fully saturated rings. The fourth-order valence-corrected chi connectivity index (χ4v) is 3.40. The van der Waals surface area contributed by atoms with Gasteiger partial charge in [-0.3, -0.25) is 29.4 Å². The highest BCUT2D eigenvalue weighted by atomic mass is 16.5. The summed E-state index contributed by atoms with van der Waals surface area (Å²) < 4.78 is 4.80. The maximum absolute atomic E-state index is 12.3. The number of nitrogens with one attached hydrogen (secondary N) is 2. The van der Waals surface area contributed by atoms with Gasteiger partial charge in [-0.2, -0.15) is 0 Å². The van der Waals surface area contributed by atoms with E-state index in [-0.39, 0.29) is 42.7 Å². The molecule has 5 amide bonds. The Morgan fingerprint density at radius 1 is 1.15 bits per heavy atom. The number of hydrogen-bond donors (Lipinski definition) is 2. The molecule has 2 N–H and O–H groups in total. The van der Waals surface area contributed by atoms with Crippen LogP contribution in [-0.2, 0) is 23.9 Å². The Balaban J connectivity index is 1.70. The Hall–Kier alpha value is -2.45. The van der Waals surface area contributed by atoms with Gasteiger partial charge in [-0.25, -0.2) is 4.79 Å². The molecule has 9 heteroatoms. The van der Waals surface area contributed by atoms with Crippen LogP contribution < -0.4 is 10.6 Å². The molecule has 0 aromatic heterocycles. The third-order valence-corrected chi connectivity index (χ3v) is 5.08. The number of rotatable bonds is 7. The second-order valence-corrected chi connectivity index (χ2v) is 7.07. The van der Waals surface area contributed by atoms with Gasteiger partial charge in [0.1, 0.15) is 0 Å². The van der Waals surface area contributed by atoms with Crippen molar-refractivity contribution in [3.8, 4) is 0 Å². The number of ether oxygens (including phenoxy) is 1. The number of carbonyl (C=O) groups excluding carboxylic acids is 5. The van der Waals surface area contributed by atoms with Crippen LogP contribution in [0.5, 0.6) is 0 Å². The van der Waals surface area contributed by atoms with E-state index in [9.17, 15) is 24.0 Å². The Labute approximate surface area is 158 Å². The minimum absolute atomic E-state index is 0.0420. The fraction of sp³-hybridized carbons (Fsp3) is 0.722. The third-order valence-electron chi connectivity index (χ3n) is 5.08. The molecule has 150 valence electrons. The molecule has 1 aliphatic carbocycles. The molecular formula is C18H27N3O6. The van der Waals surface area contributed by atoms with Crippen molar-refractivity contribution in [3.63, 3.8) is 0 Å². The molecule has 0 aromatic rings. The fourth-order valence-electron chi connectivity index (χ4n) is 3.40. The Morgan fingerprint density at radius 2 is 1.74 bits per heavy atom. The van der Waals surface area contributed by atoms with Crippen molar-refractivity contribution in [2.24, 2.45) is 11.8 Å². The van der Waals surface area contributed by atoms with E-state index >= 15 is 0 Å². The van der Waals surface area contributed by atoms with Gasteiger partial charge in [0, 0.05) is 12.6 Å². The Bertz CT molecular complexity index is 596. The highest BCUT2D eigenvalue weighted by Gasteiger charge is 2.47. The van der Waals surface area contributed by atoms with Crippen molar-refractivity contribution in [2.75, 3.05) is 13.2 Å². The van der Waals surface area contributed by atoms with Crippen molar-refractivity contribution < 1.29 is 28.7 Å². The molecular weight excluding hydrogens is 354 g/mol. The third kappa shape index (κ3) is 5.51. The van der Waals surface area contributed by atoms with E-state index in [4.69, 9.17) is 4.74 Å². The first-order valence-corrected chi connectivity index (χ1v) is 9.44. The van der Waals surface area contributed by atoms with Gasteiger partial charge >= 0.3 is 12.0 Å². The van der Waals surface area contributed by atoms with Crippen LogP contribution >= 0.6 is 0 Å². The molecule has 3 atom stereocenters. The van der Waals surface area contributed by atoms with E-state index in [2.05, 4.69) is 10.6 Å². The molecule has 0 bridgehead atoms. The van der Waals surface area contributed by atoms with E-state index < -0.39 is 24.5 Å². The van der Waals surface area contributed by atoms with E-state index in [1.807, 2.05) is 6.92 Å². The summed E-state index contributed by atoms with van der Waals surface area (Å²) in [6.07, 6.45) is 3.85. The van der Waals surface area contributed by atoms with Crippen LogP contribution in [0.4, 0.5) is 4.79 Å². The second-order valence-electron chi connectivity index (χ2n) is 7.07. The molecule has 1 saturated heterocycles. The van der Waals surface area contributed by atoms with Gasteiger partial charge in [0.05, 0.1) is 18.3 Å². The zero-order valence-corrected chi connectivity index (χ0v) is 15.8. The van der Waals surface area contributed by atoms with Crippen LogP contribution in [-0.4, -0.2) is 53.8 Å². The van der Waals surface area contributed by atoms with Gasteiger partial charge in [0.25, 0.3) is 5.91 Å². The maximum atomic E-state index is 12.3. The molecule has 1 saturated carbocycles. The van der Waals surface area contributed by atoms with Gasteiger partial charge in [0.2, 0.25) is 11.8 Å². The number of likely N-dealkylation sites (tertiary alicyclic amines) is 1. The first kappa shape index (κ1) is 20.9. The van der Waals surface area contributed by atoms with E-state index in [1.165, 1.54) is 0 Å². The predicted molar refractivity (Wildman–Crippen MR) is 94.2 cm³/mol. The standard InChI is InChI=1S/C18H27N3O6/c1-3-11(2)19-18(26)20-14(22)10-27-15(23)8-9-21-16(24)12-6-4-5-7-13(12)17(21)25/h11-13H,3-10H2,1-2H3,(H2,19,20,22,26)/t11-,12-,13+/m0/s1. The average Bonchev–Trinajstić information content (AvgIpc) is 2.89. The van der Waals surface area contributed by atoms with Crippen LogP contribution in [0.3, 0.4) is 0 Å². The quantitative estimate of drug-likeness (QED) is 0.495. The predicted octanol–water partition coefficient (Wildman–Crippen LogP) is 0.719. The molecule has 0 radical (unpaired) electrons. The summed E-state index contributed by atoms with van der Waals surface area (Å²) in [4.78, 5) is 60.6. The molecule has 27 heavy (non-hydrogen) atoms. The summed E-state index contributed by atoms with van der Waals surface area (Å²) in [5.74, 6) is -2.38. The van der Waals surface area contributed by atoms with Crippen LogP contribution in [0.25, 0.3) is 0 Å². The lowest BCUT2D eigenvalue weighted by atomic mass is 9.81. The zero-order chi connectivity index (χ0) is 20.0. The number of amides is 5. The van der Waals surface area contributed by atoms with E-state index in [1.54, 1.807) is 6.92 Å². The van der Waals surface area contributed by atoms with Crippen molar-refractivity contribution in [1.29, 1.82) is 0 Å². The average molecular weight is 381 g/mol. The van der Waals surface area contributed by atoms with Gasteiger partial charge in [0.15, 0.2) is 6.61 Å². The Kier molecular flexibility index (Phi) is 7.32. The minimum Gasteiger partial charge on any atom is -0.456 e. The lowest BCUT2D eigenvalue weighted by Crippen LogP contribution is -2.44. The van der Waals surface area contributed by atoms with Gasteiger partial charge in [-0.1, -0.05) is 19.8 Å². The number of nitrogens with zero attached hydrogens (tertiary/aromatic N) is 1.